The molecule has 1 aliphatic heterocycles. The van der Waals surface area contributed by atoms with Crippen LogP contribution in [-0.4, -0.2) is 65.8 Å². The normalized spacial score (nSPS) is 25.4. The Kier molecular flexibility index (Phi) is 5.61. The number of rotatable bonds is 2. The van der Waals surface area contributed by atoms with Gasteiger partial charge in [-0.15, -0.1) is 0 Å². The van der Waals surface area contributed by atoms with Gasteiger partial charge in [0.25, 0.3) is 0 Å². The second-order valence-corrected chi connectivity index (χ2v) is 6.74. The zero-order valence-corrected chi connectivity index (χ0v) is 14.2. The first kappa shape index (κ1) is 17.8. The minimum absolute atomic E-state index is 0.0179. The van der Waals surface area contributed by atoms with E-state index in [2.05, 4.69) is 0 Å². The monoisotopic (exact) mass is 300 g/mol. The summed E-state index contributed by atoms with van der Waals surface area (Å²) >= 11 is 0. The molecular weight excluding hydrogens is 272 g/mol. The molecule has 0 N–H and O–H groups in total. The minimum Gasteiger partial charge on any atom is -0.468 e. The summed E-state index contributed by atoms with van der Waals surface area (Å²) in [5, 5.41) is 0. The number of nitrogens with zero attached hydrogens (tertiary/aromatic N) is 2. The van der Waals surface area contributed by atoms with E-state index in [4.69, 9.17) is 9.47 Å². The number of ether oxygens (including phenoxy) is 2. The molecule has 1 amide bonds. The van der Waals surface area contributed by atoms with Gasteiger partial charge in [-0.25, -0.2) is 4.79 Å². The molecule has 0 aromatic heterocycles. The third-order valence-electron chi connectivity index (χ3n) is 3.64. The number of hydrogen-bond donors (Lipinski definition) is 0. The van der Waals surface area contributed by atoms with Crippen LogP contribution in [0.3, 0.4) is 0 Å². The van der Waals surface area contributed by atoms with Crippen molar-refractivity contribution in [3.63, 3.8) is 0 Å². The van der Waals surface area contributed by atoms with E-state index in [1.165, 1.54) is 7.11 Å². The van der Waals surface area contributed by atoms with Crippen molar-refractivity contribution in [2.75, 3.05) is 20.2 Å². The zero-order chi connectivity index (χ0) is 16.4. The van der Waals surface area contributed by atoms with Gasteiger partial charge in [0.15, 0.2) is 0 Å². The highest BCUT2D eigenvalue weighted by Gasteiger charge is 2.38. The summed E-state index contributed by atoms with van der Waals surface area (Å²) in [5.41, 5.74) is -0.507. The highest BCUT2D eigenvalue weighted by Crippen LogP contribution is 2.21. The Morgan fingerprint density at radius 2 is 1.62 bits per heavy atom. The van der Waals surface area contributed by atoms with E-state index in [1.54, 1.807) is 4.90 Å². The van der Waals surface area contributed by atoms with Crippen LogP contribution in [0.25, 0.3) is 0 Å². The summed E-state index contributed by atoms with van der Waals surface area (Å²) in [7, 11) is 1.39. The molecule has 6 heteroatoms. The van der Waals surface area contributed by atoms with Crippen LogP contribution in [-0.2, 0) is 14.3 Å². The third kappa shape index (κ3) is 4.59. The molecule has 1 fully saturated rings. The van der Waals surface area contributed by atoms with Crippen LogP contribution < -0.4 is 0 Å². The fourth-order valence-corrected chi connectivity index (χ4v) is 2.67. The molecule has 1 saturated heterocycles. The van der Waals surface area contributed by atoms with E-state index in [0.29, 0.717) is 13.1 Å². The van der Waals surface area contributed by atoms with Gasteiger partial charge >= 0.3 is 12.1 Å². The Bertz CT molecular complexity index is 380. The van der Waals surface area contributed by atoms with Gasteiger partial charge < -0.3 is 14.4 Å². The molecule has 6 nitrogen and oxygen atoms in total. The third-order valence-corrected chi connectivity index (χ3v) is 3.64. The van der Waals surface area contributed by atoms with E-state index in [-0.39, 0.29) is 30.2 Å². The maximum Gasteiger partial charge on any atom is 0.410 e. The van der Waals surface area contributed by atoms with Crippen LogP contribution in [0.1, 0.15) is 41.5 Å². The quantitative estimate of drug-likeness (QED) is 0.729. The maximum absolute atomic E-state index is 12.3. The first-order valence-electron chi connectivity index (χ1n) is 7.40. The highest BCUT2D eigenvalue weighted by molar-refractivity contribution is 5.75. The van der Waals surface area contributed by atoms with Gasteiger partial charge in [0.05, 0.1) is 7.11 Å². The first-order chi connectivity index (χ1) is 9.56. The number of amides is 1. The lowest BCUT2D eigenvalue weighted by Gasteiger charge is -2.45. The molecule has 1 rings (SSSR count). The predicted octanol–water partition coefficient (Wildman–Crippen LogP) is 1.88. The first-order valence-corrected chi connectivity index (χ1v) is 7.40. The van der Waals surface area contributed by atoms with Crippen molar-refractivity contribution in [1.82, 2.24) is 9.80 Å². The van der Waals surface area contributed by atoms with Gasteiger partial charge in [-0.3, -0.25) is 9.69 Å². The van der Waals surface area contributed by atoms with Crippen molar-refractivity contribution in [2.45, 2.75) is 65.3 Å². The molecule has 0 radical (unpaired) electrons. The summed E-state index contributed by atoms with van der Waals surface area (Å²) in [6, 6.07) is -0.341. The molecule has 3 atom stereocenters. The Hall–Kier alpha value is -1.30. The standard InChI is InChI=1S/C15H28N2O4/c1-10-8-16(12(3)13(18)20-7)9-11(2)17(10)14(19)21-15(4,5)6/h10-12H,8-9H2,1-7H3/t10-,11+,12?. The predicted molar refractivity (Wildman–Crippen MR) is 80.0 cm³/mol. The molecule has 1 heterocycles. The zero-order valence-electron chi connectivity index (χ0n) is 14.2. The Balaban J connectivity index is 2.74. The highest BCUT2D eigenvalue weighted by atomic mass is 16.6. The fourth-order valence-electron chi connectivity index (χ4n) is 2.67. The van der Waals surface area contributed by atoms with Crippen molar-refractivity contribution in [3.8, 4) is 0 Å². The topological polar surface area (TPSA) is 59.1 Å². The van der Waals surface area contributed by atoms with Crippen LogP contribution in [0.5, 0.6) is 0 Å². The lowest BCUT2D eigenvalue weighted by molar-refractivity contribution is -0.147. The van der Waals surface area contributed by atoms with Gasteiger partial charge in [-0.05, 0) is 41.5 Å². The summed E-state index contributed by atoms with van der Waals surface area (Å²) in [6.45, 7) is 12.6. The fraction of sp³-hybridized carbons (Fsp3) is 0.867. The van der Waals surface area contributed by atoms with Crippen LogP contribution in [0, 0.1) is 0 Å². The van der Waals surface area contributed by atoms with Crippen molar-refractivity contribution in [2.24, 2.45) is 0 Å². The number of methoxy groups -OCH3 is 1. The van der Waals surface area contributed by atoms with E-state index in [9.17, 15) is 9.59 Å². The number of esters is 1. The van der Waals surface area contributed by atoms with E-state index >= 15 is 0 Å². The number of piperazine rings is 1. The summed E-state index contributed by atoms with van der Waals surface area (Å²) in [6.07, 6.45) is -0.298. The molecule has 1 unspecified atom stereocenters. The van der Waals surface area contributed by atoms with Crippen molar-refractivity contribution >= 4 is 12.1 Å². The van der Waals surface area contributed by atoms with E-state index < -0.39 is 5.60 Å². The maximum atomic E-state index is 12.3. The average molecular weight is 300 g/mol. The molecule has 0 saturated carbocycles. The summed E-state index contributed by atoms with van der Waals surface area (Å²) < 4.78 is 10.2. The van der Waals surface area contributed by atoms with Gasteiger partial charge in [0.1, 0.15) is 11.6 Å². The van der Waals surface area contributed by atoms with Gasteiger partial charge in [-0.2, -0.15) is 0 Å². The second kappa shape index (κ2) is 6.64. The van der Waals surface area contributed by atoms with E-state index in [1.807, 2.05) is 46.4 Å². The molecule has 0 aromatic rings. The minimum atomic E-state index is -0.507. The smallest absolute Gasteiger partial charge is 0.410 e. The Morgan fingerprint density at radius 3 is 2.00 bits per heavy atom. The van der Waals surface area contributed by atoms with Crippen molar-refractivity contribution < 1.29 is 19.1 Å². The molecule has 21 heavy (non-hydrogen) atoms. The molecule has 1 aliphatic rings. The van der Waals surface area contributed by atoms with Gasteiger partial charge in [0.2, 0.25) is 0 Å². The van der Waals surface area contributed by atoms with Crippen LogP contribution in [0.4, 0.5) is 4.79 Å². The summed E-state index contributed by atoms with van der Waals surface area (Å²) in [5.74, 6) is -0.250. The Labute approximate surface area is 127 Å². The summed E-state index contributed by atoms with van der Waals surface area (Å²) in [4.78, 5) is 27.8. The molecular formula is C15H28N2O4. The van der Waals surface area contributed by atoms with Crippen LogP contribution in [0.15, 0.2) is 0 Å². The van der Waals surface area contributed by atoms with E-state index in [0.717, 1.165) is 0 Å². The van der Waals surface area contributed by atoms with Gasteiger partial charge in [-0.1, -0.05) is 0 Å². The average Bonchev–Trinajstić information content (AvgIpc) is 2.33. The lowest BCUT2D eigenvalue weighted by atomic mass is 10.1. The lowest BCUT2D eigenvalue weighted by Crippen LogP contribution is -2.61. The van der Waals surface area contributed by atoms with Gasteiger partial charge in [0, 0.05) is 25.2 Å². The second-order valence-electron chi connectivity index (χ2n) is 6.74. The van der Waals surface area contributed by atoms with Crippen LogP contribution in [0.2, 0.25) is 0 Å². The number of carbonyl (C=O) groups excluding carboxylic acids is 2. The SMILES string of the molecule is COC(=O)C(C)N1C[C@@H](C)N(C(=O)OC(C)(C)C)[C@@H](C)C1. The molecule has 0 aliphatic carbocycles. The van der Waals surface area contributed by atoms with Crippen molar-refractivity contribution in [1.29, 1.82) is 0 Å². The Morgan fingerprint density at radius 1 is 1.14 bits per heavy atom. The molecule has 0 bridgehead atoms. The number of hydrogen-bond acceptors (Lipinski definition) is 5. The molecule has 0 spiro atoms. The molecule has 0 aromatic carbocycles. The largest absolute Gasteiger partial charge is 0.468 e. The number of carbonyl (C=O) groups is 2. The molecule has 122 valence electrons. The van der Waals surface area contributed by atoms with Crippen molar-refractivity contribution in [3.05, 3.63) is 0 Å². The van der Waals surface area contributed by atoms with Crippen LogP contribution >= 0.6 is 0 Å².